The minimum Gasteiger partial charge on any atom is -0.391 e. The average molecular weight is 287 g/mol. The molecule has 0 heterocycles. The van der Waals surface area contributed by atoms with Crippen LogP contribution in [0.4, 0.5) is 10.5 Å². The Bertz CT molecular complexity index is 426. The van der Waals surface area contributed by atoms with Crippen molar-refractivity contribution in [3.8, 4) is 0 Å². The molecule has 0 fully saturated rings. The van der Waals surface area contributed by atoms with Crippen LogP contribution in [0.2, 0.25) is 5.02 Å². The van der Waals surface area contributed by atoms with E-state index in [9.17, 15) is 9.90 Å². The molecule has 106 valence electrons. The van der Waals surface area contributed by atoms with Crippen LogP contribution in [0.25, 0.3) is 0 Å². The summed E-state index contributed by atoms with van der Waals surface area (Å²) in [5.74, 6) is 0. The molecule has 0 spiro atoms. The van der Waals surface area contributed by atoms with E-state index in [1.807, 2.05) is 13.0 Å². The number of hydrogen-bond acceptors (Lipinski definition) is 3. The SMILES string of the molecule is COCC(O)CCNC(=O)Nc1cc(C)ccc1Cl. The zero-order valence-corrected chi connectivity index (χ0v) is 11.8. The first kappa shape index (κ1) is 15.8. The van der Waals surface area contributed by atoms with Gasteiger partial charge in [-0.05, 0) is 31.0 Å². The Labute approximate surface area is 117 Å². The van der Waals surface area contributed by atoms with Crippen LogP contribution in [-0.4, -0.2) is 37.5 Å². The quantitative estimate of drug-likeness (QED) is 0.750. The number of methoxy groups -OCH3 is 1. The molecule has 1 aromatic rings. The van der Waals surface area contributed by atoms with Gasteiger partial charge >= 0.3 is 6.03 Å². The Morgan fingerprint density at radius 1 is 1.53 bits per heavy atom. The minimum absolute atomic E-state index is 0.257. The number of carbonyl (C=O) groups excluding carboxylic acids is 1. The topological polar surface area (TPSA) is 70.6 Å². The summed E-state index contributed by atoms with van der Waals surface area (Å²) in [6, 6.07) is 5.04. The summed E-state index contributed by atoms with van der Waals surface area (Å²) < 4.78 is 4.79. The summed E-state index contributed by atoms with van der Waals surface area (Å²) >= 11 is 5.97. The van der Waals surface area contributed by atoms with Crippen molar-refractivity contribution in [2.45, 2.75) is 19.4 Å². The van der Waals surface area contributed by atoms with E-state index in [0.29, 0.717) is 23.7 Å². The highest BCUT2D eigenvalue weighted by molar-refractivity contribution is 6.33. The van der Waals surface area contributed by atoms with Crippen LogP contribution in [0.5, 0.6) is 0 Å². The lowest BCUT2D eigenvalue weighted by atomic mass is 10.2. The molecule has 1 aromatic carbocycles. The van der Waals surface area contributed by atoms with Crippen molar-refractivity contribution in [2.24, 2.45) is 0 Å². The third kappa shape index (κ3) is 5.92. The molecule has 0 aliphatic rings. The number of nitrogens with one attached hydrogen (secondary N) is 2. The van der Waals surface area contributed by atoms with Crippen molar-refractivity contribution in [1.29, 1.82) is 0 Å². The standard InChI is InChI=1S/C13H19ClN2O3/c1-9-3-4-11(14)12(7-9)16-13(18)15-6-5-10(17)8-19-2/h3-4,7,10,17H,5-6,8H2,1-2H3,(H2,15,16,18). The first-order valence-corrected chi connectivity index (χ1v) is 6.38. The largest absolute Gasteiger partial charge is 0.391 e. The summed E-state index contributed by atoms with van der Waals surface area (Å²) in [6.07, 6.45) is -0.143. The van der Waals surface area contributed by atoms with E-state index in [-0.39, 0.29) is 12.6 Å². The Hall–Kier alpha value is -1.30. The molecule has 0 saturated carbocycles. The van der Waals surface area contributed by atoms with Crippen LogP contribution < -0.4 is 10.6 Å². The zero-order chi connectivity index (χ0) is 14.3. The predicted molar refractivity (Wildman–Crippen MR) is 75.7 cm³/mol. The Kier molecular flexibility index (Phi) is 6.62. The van der Waals surface area contributed by atoms with E-state index < -0.39 is 6.10 Å². The fourth-order valence-electron chi connectivity index (χ4n) is 1.53. The molecular weight excluding hydrogens is 268 g/mol. The van der Waals surface area contributed by atoms with Gasteiger partial charge < -0.3 is 20.5 Å². The number of ether oxygens (including phenoxy) is 1. The van der Waals surface area contributed by atoms with Crippen LogP contribution in [0.3, 0.4) is 0 Å². The molecule has 19 heavy (non-hydrogen) atoms. The molecule has 0 saturated heterocycles. The van der Waals surface area contributed by atoms with Gasteiger partial charge in [0.25, 0.3) is 0 Å². The molecule has 1 rings (SSSR count). The lowest BCUT2D eigenvalue weighted by Gasteiger charge is -2.12. The molecule has 0 aromatic heterocycles. The molecule has 1 atom stereocenters. The van der Waals surface area contributed by atoms with E-state index in [2.05, 4.69) is 10.6 Å². The normalized spacial score (nSPS) is 12.0. The second-order valence-electron chi connectivity index (χ2n) is 4.26. The summed E-state index contributed by atoms with van der Waals surface area (Å²) in [4.78, 5) is 11.6. The van der Waals surface area contributed by atoms with Gasteiger partial charge in [0.15, 0.2) is 0 Å². The van der Waals surface area contributed by atoms with Gasteiger partial charge in [-0.1, -0.05) is 17.7 Å². The van der Waals surface area contributed by atoms with Crippen LogP contribution in [0.1, 0.15) is 12.0 Å². The van der Waals surface area contributed by atoms with E-state index in [1.165, 1.54) is 7.11 Å². The number of benzene rings is 1. The molecule has 5 nitrogen and oxygen atoms in total. The van der Waals surface area contributed by atoms with Gasteiger partial charge in [0, 0.05) is 13.7 Å². The maximum Gasteiger partial charge on any atom is 0.319 e. The van der Waals surface area contributed by atoms with Gasteiger partial charge in [-0.2, -0.15) is 0 Å². The monoisotopic (exact) mass is 286 g/mol. The smallest absolute Gasteiger partial charge is 0.319 e. The highest BCUT2D eigenvalue weighted by Crippen LogP contribution is 2.22. The van der Waals surface area contributed by atoms with E-state index in [4.69, 9.17) is 16.3 Å². The Morgan fingerprint density at radius 2 is 2.26 bits per heavy atom. The third-order valence-corrected chi connectivity index (χ3v) is 2.82. The molecule has 0 radical (unpaired) electrons. The molecule has 0 bridgehead atoms. The number of anilines is 1. The molecule has 0 aliphatic carbocycles. The van der Waals surface area contributed by atoms with E-state index in [1.54, 1.807) is 12.1 Å². The van der Waals surface area contributed by atoms with Crippen LogP contribution in [-0.2, 0) is 4.74 Å². The summed E-state index contributed by atoms with van der Waals surface area (Å²) in [7, 11) is 1.52. The number of rotatable bonds is 6. The van der Waals surface area contributed by atoms with Crippen molar-refractivity contribution in [2.75, 3.05) is 25.6 Å². The lowest BCUT2D eigenvalue weighted by molar-refractivity contribution is 0.0599. The molecule has 6 heteroatoms. The fraction of sp³-hybridized carbons (Fsp3) is 0.462. The molecular formula is C13H19ClN2O3. The van der Waals surface area contributed by atoms with Gasteiger partial charge in [-0.3, -0.25) is 0 Å². The third-order valence-electron chi connectivity index (χ3n) is 2.49. The number of urea groups is 1. The van der Waals surface area contributed by atoms with Gasteiger partial charge in [-0.25, -0.2) is 4.79 Å². The highest BCUT2D eigenvalue weighted by Gasteiger charge is 2.07. The van der Waals surface area contributed by atoms with Crippen molar-refractivity contribution in [3.63, 3.8) is 0 Å². The number of aliphatic hydroxyl groups is 1. The molecule has 3 N–H and O–H groups in total. The molecule has 1 unspecified atom stereocenters. The molecule has 0 aliphatic heterocycles. The maximum absolute atomic E-state index is 11.6. The van der Waals surface area contributed by atoms with Gasteiger partial charge in [0.1, 0.15) is 0 Å². The first-order chi connectivity index (χ1) is 9.02. The fourth-order valence-corrected chi connectivity index (χ4v) is 1.69. The number of hydrogen-bond donors (Lipinski definition) is 3. The minimum atomic E-state index is -0.576. The van der Waals surface area contributed by atoms with E-state index in [0.717, 1.165) is 5.56 Å². The predicted octanol–water partition coefficient (Wildman–Crippen LogP) is 2.17. The van der Waals surface area contributed by atoms with Gasteiger partial charge in [-0.15, -0.1) is 0 Å². The van der Waals surface area contributed by atoms with Crippen LogP contribution in [0.15, 0.2) is 18.2 Å². The number of halogens is 1. The number of carbonyl (C=O) groups is 1. The van der Waals surface area contributed by atoms with Crippen LogP contribution in [0, 0.1) is 6.92 Å². The zero-order valence-electron chi connectivity index (χ0n) is 11.1. The first-order valence-electron chi connectivity index (χ1n) is 6.01. The number of amides is 2. The van der Waals surface area contributed by atoms with E-state index >= 15 is 0 Å². The van der Waals surface area contributed by atoms with Crippen molar-refractivity contribution >= 4 is 23.3 Å². The highest BCUT2D eigenvalue weighted by atomic mass is 35.5. The second-order valence-corrected chi connectivity index (χ2v) is 4.67. The lowest BCUT2D eigenvalue weighted by Crippen LogP contribution is -2.32. The summed E-state index contributed by atoms with van der Waals surface area (Å²) in [5, 5.41) is 15.2. The summed E-state index contributed by atoms with van der Waals surface area (Å²) in [5.41, 5.74) is 1.58. The molecule has 2 amide bonds. The van der Waals surface area contributed by atoms with Crippen molar-refractivity contribution in [1.82, 2.24) is 5.32 Å². The second kappa shape index (κ2) is 7.99. The number of aliphatic hydroxyl groups excluding tert-OH is 1. The van der Waals surface area contributed by atoms with Gasteiger partial charge in [0.2, 0.25) is 0 Å². The summed E-state index contributed by atoms with van der Waals surface area (Å²) in [6.45, 7) is 2.54. The van der Waals surface area contributed by atoms with Gasteiger partial charge in [0.05, 0.1) is 23.4 Å². The Balaban J connectivity index is 2.37. The Morgan fingerprint density at radius 3 is 2.95 bits per heavy atom. The van der Waals surface area contributed by atoms with Crippen molar-refractivity contribution in [3.05, 3.63) is 28.8 Å². The van der Waals surface area contributed by atoms with Crippen molar-refractivity contribution < 1.29 is 14.6 Å². The average Bonchev–Trinajstić information content (AvgIpc) is 2.34. The number of aryl methyl sites for hydroxylation is 1. The maximum atomic E-state index is 11.6. The van der Waals surface area contributed by atoms with Crippen LogP contribution >= 0.6 is 11.6 Å².